The van der Waals surface area contributed by atoms with Crippen molar-refractivity contribution in [2.24, 2.45) is 5.41 Å². The van der Waals surface area contributed by atoms with Crippen LogP contribution in [0.3, 0.4) is 0 Å². The number of pyridine rings is 1. The summed E-state index contributed by atoms with van der Waals surface area (Å²) in [5, 5.41) is 14.2. The lowest BCUT2D eigenvalue weighted by Crippen LogP contribution is -2.51. The van der Waals surface area contributed by atoms with E-state index in [0.717, 1.165) is 37.9 Å². The highest BCUT2D eigenvalue weighted by Gasteiger charge is 2.49. The van der Waals surface area contributed by atoms with E-state index in [2.05, 4.69) is 4.98 Å². The highest BCUT2D eigenvalue weighted by atomic mass is 19.4. The number of nitrogens with zero attached hydrogens (tertiary/aromatic N) is 4. The van der Waals surface area contributed by atoms with Gasteiger partial charge in [0, 0.05) is 38.6 Å². The number of carbonyl (C=O) groups excluding carboxylic acids is 2. The minimum atomic E-state index is -5.08. The molecular formula is C22H28F6N4O6. The molecule has 38 heavy (non-hydrogen) atoms. The van der Waals surface area contributed by atoms with Crippen LogP contribution in [0.25, 0.3) is 0 Å². The Morgan fingerprint density at radius 2 is 1.47 bits per heavy atom. The van der Waals surface area contributed by atoms with Crippen molar-refractivity contribution in [2.45, 2.75) is 38.2 Å². The van der Waals surface area contributed by atoms with E-state index in [1.165, 1.54) is 0 Å². The average molecular weight is 558 g/mol. The number of amides is 2. The number of carboxylic acids is 2. The van der Waals surface area contributed by atoms with E-state index in [4.69, 9.17) is 19.8 Å². The van der Waals surface area contributed by atoms with Crippen LogP contribution in [-0.4, -0.2) is 106 Å². The summed E-state index contributed by atoms with van der Waals surface area (Å²) in [6.07, 6.45) is -4.00. The summed E-state index contributed by atoms with van der Waals surface area (Å²) in [5.41, 5.74) is 0.736. The van der Waals surface area contributed by atoms with Crippen molar-refractivity contribution in [1.82, 2.24) is 19.7 Å². The molecule has 2 fully saturated rings. The summed E-state index contributed by atoms with van der Waals surface area (Å²) < 4.78 is 63.5. The predicted octanol–water partition coefficient (Wildman–Crippen LogP) is 2.25. The van der Waals surface area contributed by atoms with Gasteiger partial charge in [-0.25, -0.2) is 9.59 Å². The molecule has 10 nitrogen and oxygen atoms in total. The number of alkyl halides is 6. The third-order valence-electron chi connectivity index (χ3n) is 5.59. The molecule has 2 amide bonds. The van der Waals surface area contributed by atoms with E-state index >= 15 is 0 Å². The van der Waals surface area contributed by atoms with Gasteiger partial charge in [0.2, 0.25) is 11.8 Å². The summed E-state index contributed by atoms with van der Waals surface area (Å²) in [5.74, 6) is -5.18. The molecule has 2 saturated heterocycles. The largest absolute Gasteiger partial charge is 0.490 e. The lowest BCUT2D eigenvalue weighted by Gasteiger charge is -2.39. The summed E-state index contributed by atoms with van der Waals surface area (Å²) in [6.45, 7) is 3.16. The maximum Gasteiger partial charge on any atom is 0.490 e. The number of rotatable bonds is 4. The second-order valence-electron chi connectivity index (χ2n) is 8.87. The minimum Gasteiger partial charge on any atom is -0.475 e. The number of hydrogen-bond acceptors (Lipinski definition) is 6. The Labute approximate surface area is 213 Å². The van der Waals surface area contributed by atoms with Crippen molar-refractivity contribution in [1.29, 1.82) is 0 Å². The van der Waals surface area contributed by atoms with E-state index in [9.17, 15) is 35.9 Å². The standard InChI is InChI=1S/C18H26N4O2.2C2HF3O2/c1-20(2)13-16(23)22-10-3-6-18(14-22)7-11-21(17(18)24)12-15-4-8-19-9-5-15;2*3-2(4,5)1(6)7/h4-5,8-9H,3,6-7,10-14H2,1-2H3;2*(H,6,7). The zero-order valence-electron chi connectivity index (χ0n) is 20.6. The SMILES string of the molecule is CN(C)CC(=O)N1CCCC2(CCN(Cc3ccncc3)C2=O)C1.O=C(O)C(F)(F)F.O=C(O)C(F)(F)F. The quantitative estimate of drug-likeness (QED) is 0.539. The number of aliphatic carboxylic acids is 2. The van der Waals surface area contributed by atoms with Gasteiger partial charge < -0.3 is 24.9 Å². The van der Waals surface area contributed by atoms with E-state index < -0.39 is 24.3 Å². The van der Waals surface area contributed by atoms with Crippen LogP contribution in [0, 0.1) is 5.41 Å². The number of carbonyl (C=O) groups is 4. The number of piperidine rings is 1. The molecular weight excluding hydrogens is 530 g/mol. The first-order chi connectivity index (χ1) is 17.4. The van der Waals surface area contributed by atoms with E-state index in [-0.39, 0.29) is 17.2 Å². The second kappa shape index (κ2) is 13.4. The lowest BCUT2D eigenvalue weighted by molar-refractivity contribution is -0.193. The van der Waals surface area contributed by atoms with E-state index in [1.54, 1.807) is 12.4 Å². The Hall–Kier alpha value is -3.43. The van der Waals surface area contributed by atoms with Gasteiger partial charge >= 0.3 is 24.3 Å². The van der Waals surface area contributed by atoms with Crippen LogP contribution < -0.4 is 0 Å². The first-order valence-corrected chi connectivity index (χ1v) is 11.1. The molecule has 0 saturated carbocycles. The molecule has 16 heteroatoms. The smallest absolute Gasteiger partial charge is 0.475 e. The molecule has 3 heterocycles. The van der Waals surface area contributed by atoms with Crippen molar-refractivity contribution in [3.8, 4) is 0 Å². The third-order valence-corrected chi connectivity index (χ3v) is 5.59. The maximum atomic E-state index is 13.0. The highest BCUT2D eigenvalue weighted by molar-refractivity contribution is 5.87. The Bertz CT molecular complexity index is 949. The maximum absolute atomic E-state index is 13.0. The Kier molecular flexibility index (Phi) is 11.5. The zero-order chi connectivity index (χ0) is 29.3. The number of aromatic nitrogens is 1. The van der Waals surface area contributed by atoms with Crippen LogP contribution in [-0.2, 0) is 25.7 Å². The van der Waals surface area contributed by atoms with Crippen LogP contribution in [0.5, 0.6) is 0 Å². The van der Waals surface area contributed by atoms with Gasteiger partial charge in [0.15, 0.2) is 0 Å². The van der Waals surface area contributed by atoms with Crippen molar-refractivity contribution in [3.05, 3.63) is 30.1 Å². The van der Waals surface area contributed by atoms with E-state index in [1.807, 2.05) is 40.9 Å². The van der Waals surface area contributed by atoms with Gasteiger partial charge in [0.05, 0.1) is 12.0 Å². The van der Waals surface area contributed by atoms with Crippen LogP contribution in [0.15, 0.2) is 24.5 Å². The lowest BCUT2D eigenvalue weighted by atomic mass is 9.78. The van der Waals surface area contributed by atoms with Crippen LogP contribution in [0.1, 0.15) is 24.8 Å². The Morgan fingerprint density at radius 1 is 0.974 bits per heavy atom. The fraction of sp³-hybridized carbons (Fsp3) is 0.591. The number of halogens is 6. The van der Waals surface area contributed by atoms with Gasteiger partial charge in [-0.05, 0) is 51.1 Å². The molecule has 2 aliphatic heterocycles. The van der Waals surface area contributed by atoms with Gasteiger partial charge in [-0.15, -0.1) is 0 Å². The number of likely N-dealkylation sites (N-methyl/N-ethyl adjacent to an activating group) is 1. The zero-order valence-corrected chi connectivity index (χ0v) is 20.6. The number of likely N-dealkylation sites (tertiary alicyclic amines) is 2. The molecule has 0 aliphatic carbocycles. The Balaban J connectivity index is 0.000000426. The minimum absolute atomic E-state index is 0.124. The molecule has 1 spiro atoms. The normalized spacial score (nSPS) is 19.4. The highest BCUT2D eigenvalue weighted by Crippen LogP contribution is 2.40. The molecule has 1 atom stereocenters. The van der Waals surface area contributed by atoms with Crippen molar-refractivity contribution in [2.75, 3.05) is 40.3 Å². The average Bonchev–Trinajstić information content (AvgIpc) is 3.08. The molecule has 0 aromatic carbocycles. The topological polar surface area (TPSA) is 131 Å². The molecule has 2 aliphatic rings. The van der Waals surface area contributed by atoms with Gasteiger partial charge in [0.25, 0.3) is 0 Å². The van der Waals surface area contributed by atoms with Gasteiger partial charge in [0.1, 0.15) is 0 Å². The molecule has 214 valence electrons. The van der Waals surface area contributed by atoms with Gasteiger partial charge in [-0.3, -0.25) is 14.6 Å². The van der Waals surface area contributed by atoms with Gasteiger partial charge in [-0.1, -0.05) is 0 Å². The van der Waals surface area contributed by atoms with Crippen molar-refractivity contribution in [3.63, 3.8) is 0 Å². The molecule has 1 aromatic rings. The molecule has 0 radical (unpaired) electrons. The van der Waals surface area contributed by atoms with Crippen LogP contribution in [0.4, 0.5) is 26.3 Å². The monoisotopic (exact) mass is 558 g/mol. The van der Waals surface area contributed by atoms with Crippen molar-refractivity contribution >= 4 is 23.8 Å². The molecule has 1 aromatic heterocycles. The summed E-state index contributed by atoms with van der Waals surface area (Å²) in [6, 6.07) is 3.90. The molecule has 0 bridgehead atoms. The first kappa shape index (κ1) is 32.6. The molecule has 1 unspecified atom stereocenters. The Morgan fingerprint density at radius 3 is 1.92 bits per heavy atom. The number of hydrogen-bond donors (Lipinski definition) is 2. The number of carboxylic acid groups (broad SMARTS) is 2. The van der Waals surface area contributed by atoms with Crippen LogP contribution >= 0.6 is 0 Å². The summed E-state index contributed by atoms with van der Waals surface area (Å²) in [7, 11) is 3.80. The second-order valence-corrected chi connectivity index (χ2v) is 8.87. The predicted molar refractivity (Wildman–Crippen MR) is 118 cm³/mol. The molecule has 3 rings (SSSR count). The summed E-state index contributed by atoms with van der Waals surface area (Å²) >= 11 is 0. The van der Waals surface area contributed by atoms with E-state index in [0.29, 0.717) is 19.6 Å². The first-order valence-electron chi connectivity index (χ1n) is 11.1. The fourth-order valence-corrected chi connectivity index (χ4v) is 3.85. The van der Waals surface area contributed by atoms with Gasteiger partial charge in [-0.2, -0.15) is 26.3 Å². The fourth-order valence-electron chi connectivity index (χ4n) is 3.85. The third kappa shape index (κ3) is 10.1. The summed E-state index contributed by atoms with van der Waals surface area (Å²) in [4.78, 5) is 52.9. The van der Waals surface area contributed by atoms with Crippen molar-refractivity contribution < 1.29 is 55.7 Å². The van der Waals surface area contributed by atoms with Crippen LogP contribution in [0.2, 0.25) is 0 Å². The molecule has 2 N–H and O–H groups in total.